The molecule has 0 radical (unpaired) electrons. The summed E-state index contributed by atoms with van der Waals surface area (Å²) in [6, 6.07) is 0. The zero-order valence-corrected chi connectivity index (χ0v) is 7.50. The van der Waals surface area contributed by atoms with Gasteiger partial charge in [-0.25, -0.2) is 9.59 Å². The van der Waals surface area contributed by atoms with E-state index in [2.05, 4.69) is 16.6 Å². The van der Waals surface area contributed by atoms with Crippen molar-refractivity contribution in [3.8, 4) is 0 Å². The molecule has 0 aromatic rings. The Morgan fingerprint density at radius 3 is 2.62 bits per heavy atom. The number of aliphatic carboxylic acids is 1. The minimum Gasteiger partial charge on any atom is -0.475 e. The van der Waals surface area contributed by atoms with Gasteiger partial charge in [0.1, 0.15) is 0 Å². The van der Waals surface area contributed by atoms with Gasteiger partial charge in [0.25, 0.3) is 0 Å². The lowest BCUT2D eigenvalue weighted by atomic mass is 10.3. The van der Waals surface area contributed by atoms with E-state index in [-0.39, 0.29) is 0 Å². The molecule has 0 bridgehead atoms. The van der Waals surface area contributed by atoms with Crippen LogP contribution in [0.15, 0.2) is 12.3 Å². The molecular weight excluding hydrogens is 174 g/mol. The van der Waals surface area contributed by atoms with Gasteiger partial charge in [-0.1, -0.05) is 13.3 Å². The molecule has 0 unspecified atom stereocenters. The molecule has 0 aliphatic rings. The van der Waals surface area contributed by atoms with Crippen LogP contribution in [-0.2, 0) is 9.53 Å². The number of carboxylic acid groups (broad SMARTS) is 1. The number of hydrogen-bond acceptors (Lipinski definition) is 3. The molecular formula is C8H13NO4. The fourth-order valence-electron chi connectivity index (χ4n) is 0.559. The van der Waals surface area contributed by atoms with Gasteiger partial charge in [0.15, 0.2) is 0 Å². The summed E-state index contributed by atoms with van der Waals surface area (Å²) in [5.74, 6) is -1.92. The number of carbonyl (C=O) groups is 2. The summed E-state index contributed by atoms with van der Waals surface area (Å²) in [7, 11) is 0. The monoisotopic (exact) mass is 187 g/mol. The Bertz CT molecular complexity index is 212. The summed E-state index contributed by atoms with van der Waals surface area (Å²) >= 11 is 0. The number of rotatable bonds is 5. The van der Waals surface area contributed by atoms with Crippen LogP contribution in [0.1, 0.15) is 19.8 Å². The zero-order valence-electron chi connectivity index (χ0n) is 7.50. The quantitative estimate of drug-likeness (QED) is 0.384. The standard InChI is InChI=1S/C8H13NO4/c1-3-4-5-9-8(12)13-6(2)7(10)11/h2-5H2,1H3,(H,9,12)(H,10,11). The van der Waals surface area contributed by atoms with Crippen molar-refractivity contribution in [3.05, 3.63) is 12.3 Å². The fraction of sp³-hybridized carbons (Fsp3) is 0.500. The third-order valence-corrected chi connectivity index (χ3v) is 1.25. The summed E-state index contributed by atoms with van der Waals surface area (Å²) in [6.07, 6.45) is 0.996. The van der Waals surface area contributed by atoms with Gasteiger partial charge in [-0.2, -0.15) is 0 Å². The SMILES string of the molecule is C=C(OC(=O)NCCCC)C(=O)O. The summed E-state index contributed by atoms with van der Waals surface area (Å²) in [4.78, 5) is 20.9. The van der Waals surface area contributed by atoms with Crippen LogP contribution in [0.25, 0.3) is 0 Å². The molecule has 5 nitrogen and oxygen atoms in total. The average molecular weight is 187 g/mol. The Morgan fingerprint density at radius 1 is 1.54 bits per heavy atom. The van der Waals surface area contributed by atoms with Crippen molar-refractivity contribution in [2.24, 2.45) is 0 Å². The highest BCUT2D eigenvalue weighted by Crippen LogP contribution is 1.93. The number of nitrogens with one attached hydrogen (secondary N) is 1. The summed E-state index contributed by atoms with van der Waals surface area (Å²) in [6.45, 7) is 5.49. The van der Waals surface area contributed by atoms with Crippen molar-refractivity contribution in [2.75, 3.05) is 6.54 Å². The van der Waals surface area contributed by atoms with E-state index < -0.39 is 17.8 Å². The number of ether oxygens (including phenoxy) is 1. The van der Waals surface area contributed by atoms with Crippen molar-refractivity contribution in [2.45, 2.75) is 19.8 Å². The molecule has 0 spiro atoms. The van der Waals surface area contributed by atoms with E-state index in [0.717, 1.165) is 12.8 Å². The first kappa shape index (κ1) is 11.5. The van der Waals surface area contributed by atoms with E-state index >= 15 is 0 Å². The highest BCUT2D eigenvalue weighted by atomic mass is 16.6. The van der Waals surface area contributed by atoms with Crippen LogP contribution in [0.3, 0.4) is 0 Å². The van der Waals surface area contributed by atoms with E-state index in [9.17, 15) is 9.59 Å². The highest BCUT2D eigenvalue weighted by Gasteiger charge is 2.09. The van der Waals surface area contributed by atoms with Gasteiger partial charge in [0.2, 0.25) is 5.76 Å². The van der Waals surface area contributed by atoms with Gasteiger partial charge in [-0.15, -0.1) is 0 Å². The molecule has 0 rings (SSSR count). The largest absolute Gasteiger partial charge is 0.475 e. The van der Waals surface area contributed by atoms with Crippen LogP contribution < -0.4 is 5.32 Å². The molecule has 0 aliphatic carbocycles. The molecule has 0 atom stereocenters. The van der Waals surface area contributed by atoms with E-state index in [1.54, 1.807) is 0 Å². The van der Waals surface area contributed by atoms with E-state index in [1.807, 2.05) is 6.92 Å². The normalized spacial score (nSPS) is 9.00. The number of unbranched alkanes of at least 4 members (excludes halogenated alkanes) is 1. The minimum atomic E-state index is -1.34. The average Bonchev–Trinajstić information content (AvgIpc) is 2.04. The van der Waals surface area contributed by atoms with Gasteiger partial charge < -0.3 is 15.2 Å². The van der Waals surface area contributed by atoms with Gasteiger partial charge in [-0.05, 0) is 13.0 Å². The lowest BCUT2D eigenvalue weighted by Gasteiger charge is -2.04. The lowest BCUT2D eigenvalue weighted by Crippen LogP contribution is -2.26. The fourth-order valence-corrected chi connectivity index (χ4v) is 0.559. The van der Waals surface area contributed by atoms with Crippen molar-refractivity contribution in [1.29, 1.82) is 0 Å². The third-order valence-electron chi connectivity index (χ3n) is 1.25. The number of carbonyl (C=O) groups excluding carboxylic acids is 1. The van der Waals surface area contributed by atoms with Crippen molar-refractivity contribution < 1.29 is 19.4 Å². The number of amides is 1. The Hall–Kier alpha value is -1.52. The molecule has 0 heterocycles. The first-order valence-corrected chi connectivity index (χ1v) is 3.95. The Morgan fingerprint density at radius 2 is 2.15 bits per heavy atom. The highest BCUT2D eigenvalue weighted by molar-refractivity contribution is 5.86. The second-order valence-electron chi connectivity index (χ2n) is 2.40. The minimum absolute atomic E-state index is 0.474. The van der Waals surface area contributed by atoms with Crippen LogP contribution in [0.4, 0.5) is 4.79 Å². The molecule has 13 heavy (non-hydrogen) atoms. The molecule has 5 heteroatoms. The predicted molar refractivity (Wildman–Crippen MR) is 46.2 cm³/mol. The smallest absolute Gasteiger partial charge is 0.412 e. The summed E-state index contributed by atoms with van der Waals surface area (Å²) < 4.78 is 4.31. The number of hydrogen-bond donors (Lipinski definition) is 2. The molecule has 0 saturated heterocycles. The maximum atomic E-state index is 10.8. The summed E-state index contributed by atoms with van der Waals surface area (Å²) in [5.41, 5.74) is 0. The molecule has 0 aromatic heterocycles. The zero-order chi connectivity index (χ0) is 10.3. The molecule has 2 N–H and O–H groups in total. The van der Waals surface area contributed by atoms with Crippen molar-refractivity contribution in [1.82, 2.24) is 5.32 Å². The first-order valence-electron chi connectivity index (χ1n) is 3.95. The molecule has 0 fully saturated rings. The van der Waals surface area contributed by atoms with Crippen LogP contribution in [0.5, 0.6) is 0 Å². The number of alkyl carbamates (subject to hydrolysis) is 1. The van der Waals surface area contributed by atoms with E-state index in [0.29, 0.717) is 6.54 Å². The van der Waals surface area contributed by atoms with Crippen LogP contribution in [0, 0.1) is 0 Å². The second-order valence-corrected chi connectivity index (χ2v) is 2.40. The maximum Gasteiger partial charge on any atom is 0.412 e. The van der Waals surface area contributed by atoms with Gasteiger partial charge in [-0.3, -0.25) is 0 Å². The summed E-state index contributed by atoms with van der Waals surface area (Å²) in [5, 5.41) is 10.7. The lowest BCUT2D eigenvalue weighted by molar-refractivity contribution is -0.135. The Kier molecular flexibility index (Phi) is 5.34. The first-order chi connectivity index (χ1) is 6.07. The topological polar surface area (TPSA) is 75.6 Å². The van der Waals surface area contributed by atoms with Crippen LogP contribution >= 0.6 is 0 Å². The Balaban J connectivity index is 3.62. The van der Waals surface area contributed by atoms with Crippen molar-refractivity contribution in [3.63, 3.8) is 0 Å². The van der Waals surface area contributed by atoms with Crippen molar-refractivity contribution >= 4 is 12.1 Å². The Labute approximate surface area is 76.4 Å². The van der Waals surface area contributed by atoms with Gasteiger partial charge >= 0.3 is 12.1 Å². The van der Waals surface area contributed by atoms with Crippen LogP contribution in [0.2, 0.25) is 0 Å². The number of carboxylic acids is 1. The third kappa shape index (κ3) is 5.72. The molecule has 74 valence electrons. The second kappa shape index (κ2) is 6.05. The van der Waals surface area contributed by atoms with Crippen LogP contribution in [-0.4, -0.2) is 23.7 Å². The van der Waals surface area contributed by atoms with Gasteiger partial charge in [0, 0.05) is 6.54 Å². The molecule has 0 saturated carbocycles. The molecule has 0 aromatic carbocycles. The van der Waals surface area contributed by atoms with Gasteiger partial charge in [0.05, 0.1) is 0 Å². The van der Waals surface area contributed by atoms with E-state index in [1.165, 1.54) is 0 Å². The molecule has 1 amide bonds. The molecule has 0 aliphatic heterocycles. The maximum absolute atomic E-state index is 10.8. The van der Waals surface area contributed by atoms with E-state index in [4.69, 9.17) is 5.11 Å². The predicted octanol–water partition coefficient (Wildman–Crippen LogP) is 1.11.